The van der Waals surface area contributed by atoms with Gasteiger partial charge in [0.2, 0.25) is 0 Å². The molecule has 2 N–H and O–H groups in total. The molecule has 0 saturated heterocycles. The predicted octanol–water partition coefficient (Wildman–Crippen LogP) is 4.78. The SMILES string of the molecule is COc1ccc(C=C2Sc3ccc(C(=O)NCc4cccs4)cc3NC2=O)cc1OC. The van der Waals surface area contributed by atoms with Crippen molar-refractivity contribution in [1.29, 1.82) is 0 Å². The second-order valence-corrected chi connectivity index (χ2v) is 8.77. The molecule has 8 heteroatoms. The van der Waals surface area contributed by atoms with Crippen LogP contribution in [0.2, 0.25) is 0 Å². The molecule has 0 unspecified atom stereocenters. The number of carbonyl (C=O) groups excluding carboxylic acids is 2. The summed E-state index contributed by atoms with van der Waals surface area (Å²) in [6, 6.07) is 14.7. The molecule has 2 heterocycles. The lowest BCUT2D eigenvalue weighted by atomic mass is 10.1. The van der Waals surface area contributed by atoms with Crippen molar-refractivity contribution < 1.29 is 19.1 Å². The van der Waals surface area contributed by atoms with Crippen molar-refractivity contribution in [2.75, 3.05) is 19.5 Å². The second kappa shape index (κ2) is 9.28. The Balaban J connectivity index is 1.51. The van der Waals surface area contributed by atoms with E-state index in [4.69, 9.17) is 9.47 Å². The minimum absolute atomic E-state index is 0.179. The summed E-state index contributed by atoms with van der Waals surface area (Å²) in [6.07, 6.45) is 1.80. The Morgan fingerprint density at radius 3 is 2.68 bits per heavy atom. The molecule has 1 aliphatic heterocycles. The van der Waals surface area contributed by atoms with Crippen LogP contribution in [0.25, 0.3) is 6.08 Å². The number of nitrogens with one attached hydrogen (secondary N) is 2. The molecule has 0 fully saturated rings. The van der Waals surface area contributed by atoms with E-state index in [-0.39, 0.29) is 11.8 Å². The summed E-state index contributed by atoms with van der Waals surface area (Å²) in [5.74, 6) is 0.822. The molecule has 2 amide bonds. The lowest BCUT2D eigenvalue weighted by Crippen LogP contribution is -2.23. The van der Waals surface area contributed by atoms with Gasteiger partial charge in [-0.2, -0.15) is 0 Å². The molecule has 4 rings (SSSR count). The maximum Gasteiger partial charge on any atom is 0.262 e. The number of methoxy groups -OCH3 is 2. The molecule has 6 nitrogen and oxygen atoms in total. The van der Waals surface area contributed by atoms with Crippen LogP contribution in [0.1, 0.15) is 20.8 Å². The largest absolute Gasteiger partial charge is 0.493 e. The third-order valence-electron chi connectivity index (χ3n) is 4.64. The summed E-state index contributed by atoms with van der Waals surface area (Å²) in [5.41, 5.74) is 1.95. The van der Waals surface area contributed by atoms with E-state index >= 15 is 0 Å². The monoisotopic (exact) mass is 452 g/mol. The smallest absolute Gasteiger partial charge is 0.262 e. The molecule has 0 aliphatic carbocycles. The zero-order chi connectivity index (χ0) is 21.8. The molecule has 0 bridgehead atoms. The van der Waals surface area contributed by atoms with Crippen molar-refractivity contribution in [2.45, 2.75) is 11.4 Å². The highest BCUT2D eigenvalue weighted by Gasteiger charge is 2.22. The van der Waals surface area contributed by atoms with Gasteiger partial charge in [0.25, 0.3) is 11.8 Å². The van der Waals surface area contributed by atoms with Gasteiger partial charge in [0.05, 0.1) is 31.4 Å². The number of rotatable bonds is 6. The van der Waals surface area contributed by atoms with Crippen molar-refractivity contribution in [2.24, 2.45) is 0 Å². The minimum atomic E-state index is -0.219. The standard InChI is InChI=1S/C23H20N2O4S2/c1-28-18-7-5-14(10-19(18)29-2)11-21-23(27)25-17-12-15(6-8-20(17)31-21)22(26)24-13-16-4-3-9-30-16/h3-12H,13H2,1-2H3,(H,24,26)(H,25,27). The van der Waals surface area contributed by atoms with E-state index in [2.05, 4.69) is 10.6 Å². The summed E-state index contributed by atoms with van der Waals surface area (Å²) in [7, 11) is 3.15. The van der Waals surface area contributed by atoms with Gasteiger partial charge in [-0.25, -0.2) is 0 Å². The summed E-state index contributed by atoms with van der Waals surface area (Å²) < 4.78 is 10.6. The molecule has 1 aromatic heterocycles. The highest BCUT2D eigenvalue weighted by molar-refractivity contribution is 8.04. The number of ether oxygens (including phenoxy) is 2. The minimum Gasteiger partial charge on any atom is -0.493 e. The summed E-state index contributed by atoms with van der Waals surface area (Å²) in [4.78, 5) is 27.6. The number of amides is 2. The van der Waals surface area contributed by atoms with Crippen LogP contribution in [0.3, 0.4) is 0 Å². The highest BCUT2D eigenvalue weighted by atomic mass is 32.2. The van der Waals surface area contributed by atoms with Crippen LogP contribution in [0.4, 0.5) is 5.69 Å². The van der Waals surface area contributed by atoms with E-state index in [1.165, 1.54) is 11.8 Å². The molecular formula is C23H20N2O4S2. The number of thioether (sulfide) groups is 1. The van der Waals surface area contributed by atoms with Crippen molar-refractivity contribution in [3.63, 3.8) is 0 Å². The first-order valence-electron chi connectivity index (χ1n) is 9.45. The lowest BCUT2D eigenvalue weighted by molar-refractivity contribution is -0.112. The van der Waals surface area contributed by atoms with Gasteiger partial charge >= 0.3 is 0 Å². The maximum absolute atomic E-state index is 12.6. The Morgan fingerprint density at radius 2 is 1.94 bits per heavy atom. The maximum atomic E-state index is 12.6. The number of thiophene rings is 1. The lowest BCUT2D eigenvalue weighted by Gasteiger charge is -2.19. The Bertz CT molecular complexity index is 1160. The third-order valence-corrected chi connectivity index (χ3v) is 6.62. The van der Waals surface area contributed by atoms with Gasteiger partial charge in [0, 0.05) is 15.3 Å². The van der Waals surface area contributed by atoms with Gasteiger partial charge in [0.15, 0.2) is 11.5 Å². The van der Waals surface area contributed by atoms with E-state index in [1.54, 1.807) is 49.8 Å². The topological polar surface area (TPSA) is 76.7 Å². The van der Waals surface area contributed by atoms with Gasteiger partial charge in [0.1, 0.15) is 0 Å². The summed E-state index contributed by atoms with van der Waals surface area (Å²) >= 11 is 2.95. The summed E-state index contributed by atoms with van der Waals surface area (Å²) in [6.45, 7) is 0.479. The van der Waals surface area contributed by atoms with E-state index in [0.717, 1.165) is 15.3 Å². The summed E-state index contributed by atoms with van der Waals surface area (Å²) in [5, 5.41) is 7.76. The predicted molar refractivity (Wildman–Crippen MR) is 124 cm³/mol. The molecule has 3 aromatic rings. The molecule has 31 heavy (non-hydrogen) atoms. The van der Waals surface area contributed by atoms with E-state index in [0.29, 0.717) is 34.2 Å². The normalized spacial score (nSPS) is 14.0. The van der Waals surface area contributed by atoms with Crippen LogP contribution in [0.15, 0.2) is 63.7 Å². The first kappa shape index (κ1) is 21.0. The number of anilines is 1. The zero-order valence-corrected chi connectivity index (χ0v) is 18.6. The fourth-order valence-electron chi connectivity index (χ4n) is 3.08. The molecule has 0 atom stereocenters. The fourth-order valence-corrected chi connectivity index (χ4v) is 4.65. The molecule has 0 radical (unpaired) electrons. The first-order valence-corrected chi connectivity index (χ1v) is 11.1. The quantitative estimate of drug-likeness (QED) is 0.527. The second-order valence-electron chi connectivity index (χ2n) is 6.65. The molecule has 2 aromatic carbocycles. The Labute approximate surface area is 188 Å². The first-order chi connectivity index (χ1) is 15.1. The molecular weight excluding hydrogens is 432 g/mol. The van der Waals surface area contributed by atoms with E-state index in [9.17, 15) is 9.59 Å². The number of fused-ring (bicyclic) bond motifs is 1. The van der Waals surface area contributed by atoms with Crippen molar-refractivity contribution >= 4 is 46.7 Å². The number of benzene rings is 2. The highest BCUT2D eigenvalue weighted by Crippen LogP contribution is 2.40. The Hall–Kier alpha value is -3.23. The fraction of sp³-hybridized carbons (Fsp3) is 0.130. The van der Waals surface area contributed by atoms with Crippen LogP contribution in [-0.2, 0) is 11.3 Å². The Kier molecular flexibility index (Phi) is 6.29. The van der Waals surface area contributed by atoms with Gasteiger partial charge < -0.3 is 20.1 Å². The van der Waals surface area contributed by atoms with Crippen LogP contribution in [0.5, 0.6) is 11.5 Å². The average molecular weight is 453 g/mol. The third kappa shape index (κ3) is 4.76. The zero-order valence-electron chi connectivity index (χ0n) is 16.9. The number of hydrogen-bond donors (Lipinski definition) is 2. The molecule has 0 spiro atoms. The van der Waals surface area contributed by atoms with Crippen LogP contribution in [0, 0.1) is 0 Å². The van der Waals surface area contributed by atoms with E-state index in [1.807, 2.05) is 35.7 Å². The molecule has 158 valence electrons. The number of hydrogen-bond acceptors (Lipinski definition) is 6. The molecule has 1 aliphatic rings. The Morgan fingerprint density at radius 1 is 1.10 bits per heavy atom. The number of carbonyl (C=O) groups is 2. The van der Waals surface area contributed by atoms with Gasteiger partial charge in [-0.05, 0) is 53.4 Å². The van der Waals surface area contributed by atoms with Crippen LogP contribution >= 0.6 is 23.1 Å². The van der Waals surface area contributed by atoms with Crippen molar-refractivity contribution in [1.82, 2.24) is 5.32 Å². The van der Waals surface area contributed by atoms with E-state index < -0.39 is 0 Å². The van der Waals surface area contributed by atoms with Gasteiger partial charge in [-0.3, -0.25) is 9.59 Å². The van der Waals surface area contributed by atoms with Gasteiger partial charge in [-0.1, -0.05) is 23.9 Å². The molecule has 0 saturated carbocycles. The average Bonchev–Trinajstić information content (AvgIpc) is 3.31. The van der Waals surface area contributed by atoms with Crippen LogP contribution in [-0.4, -0.2) is 26.0 Å². The van der Waals surface area contributed by atoms with Crippen LogP contribution < -0.4 is 20.1 Å². The van der Waals surface area contributed by atoms with Crippen molar-refractivity contribution in [3.05, 3.63) is 74.8 Å². The van der Waals surface area contributed by atoms with Crippen molar-refractivity contribution in [3.8, 4) is 11.5 Å². The van der Waals surface area contributed by atoms with Gasteiger partial charge in [-0.15, -0.1) is 11.3 Å².